The first-order valence-corrected chi connectivity index (χ1v) is 6.97. The molecule has 0 aliphatic carbocycles. The standard InChI is InChI=1S/C12H14F3N3OS/c1-2-18-6-4-8-9(7-18)20-11(17-8)16-5-3-10(19)12(13,14)15/h3,5H,2,4,6-7H2,1H3,(H,16,17). The van der Waals surface area contributed by atoms with E-state index in [1.807, 2.05) is 0 Å². The lowest BCUT2D eigenvalue weighted by atomic mass is 10.2. The SMILES string of the molecule is CCN1CCc2nc(NC=CC(=O)C(F)(F)F)sc2C1. The summed E-state index contributed by atoms with van der Waals surface area (Å²) in [4.78, 5) is 18.4. The maximum atomic E-state index is 12.0. The van der Waals surface area contributed by atoms with Gasteiger partial charge < -0.3 is 5.32 Å². The molecule has 0 spiro atoms. The van der Waals surface area contributed by atoms with Crippen molar-refractivity contribution < 1.29 is 18.0 Å². The fourth-order valence-electron chi connectivity index (χ4n) is 1.86. The van der Waals surface area contributed by atoms with Crippen LogP contribution in [0.2, 0.25) is 0 Å². The van der Waals surface area contributed by atoms with Gasteiger partial charge in [0.15, 0.2) is 5.13 Å². The van der Waals surface area contributed by atoms with Crippen molar-refractivity contribution in [1.29, 1.82) is 0 Å². The van der Waals surface area contributed by atoms with Gasteiger partial charge in [-0.25, -0.2) is 4.98 Å². The van der Waals surface area contributed by atoms with Gasteiger partial charge >= 0.3 is 6.18 Å². The van der Waals surface area contributed by atoms with Crippen LogP contribution in [0.4, 0.5) is 18.3 Å². The third kappa shape index (κ3) is 3.57. The molecule has 1 N–H and O–H groups in total. The molecule has 1 aliphatic heterocycles. The Morgan fingerprint density at radius 3 is 2.95 bits per heavy atom. The summed E-state index contributed by atoms with van der Waals surface area (Å²) in [5.74, 6) is -1.89. The van der Waals surface area contributed by atoms with E-state index in [1.54, 1.807) is 0 Å². The minimum absolute atomic E-state index is 0.471. The van der Waals surface area contributed by atoms with E-state index in [-0.39, 0.29) is 0 Å². The smallest absolute Gasteiger partial charge is 0.338 e. The number of allylic oxidation sites excluding steroid dienone is 1. The summed E-state index contributed by atoms with van der Waals surface area (Å²) in [5.41, 5.74) is 0.984. The number of hydrogen-bond acceptors (Lipinski definition) is 5. The third-order valence-corrected chi connectivity index (χ3v) is 3.99. The third-order valence-electron chi connectivity index (χ3n) is 2.98. The van der Waals surface area contributed by atoms with E-state index >= 15 is 0 Å². The normalized spacial score (nSPS) is 16.4. The quantitative estimate of drug-likeness (QED) is 0.869. The van der Waals surface area contributed by atoms with Gasteiger partial charge in [-0.3, -0.25) is 9.69 Å². The highest BCUT2D eigenvalue weighted by Gasteiger charge is 2.36. The van der Waals surface area contributed by atoms with Crippen molar-refractivity contribution in [2.45, 2.75) is 26.1 Å². The van der Waals surface area contributed by atoms with Gasteiger partial charge in [0.2, 0.25) is 0 Å². The first-order valence-electron chi connectivity index (χ1n) is 6.15. The molecule has 1 aromatic rings. The van der Waals surface area contributed by atoms with Crippen LogP contribution in [0.5, 0.6) is 0 Å². The van der Waals surface area contributed by atoms with Gasteiger partial charge in [-0.05, 0) is 6.54 Å². The number of halogens is 3. The Balaban J connectivity index is 1.97. The molecule has 0 saturated heterocycles. The minimum atomic E-state index is -4.83. The van der Waals surface area contributed by atoms with Crippen molar-refractivity contribution in [3.63, 3.8) is 0 Å². The number of hydrogen-bond donors (Lipinski definition) is 1. The summed E-state index contributed by atoms with van der Waals surface area (Å²) in [5, 5.41) is 3.14. The van der Waals surface area contributed by atoms with Gasteiger partial charge in [0.05, 0.1) is 5.69 Å². The molecule has 20 heavy (non-hydrogen) atoms. The number of ketones is 1. The number of nitrogens with zero attached hydrogens (tertiary/aromatic N) is 2. The number of nitrogens with one attached hydrogen (secondary N) is 1. The number of carbonyl (C=O) groups excluding carboxylic acids is 1. The minimum Gasteiger partial charge on any atom is -0.338 e. The number of likely N-dealkylation sites (N-methyl/N-ethyl adjacent to an activating group) is 1. The topological polar surface area (TPSA) is 45.2 Å². The fraction of sp³-hybridized carbons (Fsp3) is 0.500. The van der Waals surface area contributed by atoms with Crippen LogP contribution in [0.15, 0.2) is 12.3 Å². The van der Waals surface area contributed by atoms with Crippen molar-refractivity contribution in [2.75, 3.05) is 18.4 Å². The summed E-state index contributed by atoms with van der Waals surface area (Å²) < 4.78 is 36.0. The fourth-order valence-corrected chi connectivity index (χ4v) is 2.89. The second kappa shape index (κ2) is 5.92. The monoisotopic (exact) mass is 305 g/mol. The molecular weight excluding hydrogens is 291 g/mol. The molecule has 0 atom stereocenters. The van der Waals surface area contributed by atoms with Crippen molar-refractivity contribution in [3.8, 4) is 0 Å². The predicted molar refractivity (Wildman–Crippen MR) is 70.6 cm³/mol. The van der Waals surface area contributed by atoms with Crippen molar-refractivity contribution in [3.05, 3.63) is 22.8 Å². The average molecular weight is 305 g/mol. The molecule has 1 aliphatic rings. The van der Waals surface area contributed by atoms with Gasteiger partial charge in [0.1, 0.15) is 0 Å². The molecule has 8 heteroatoms. The average Bonchev–Trinajstić information content (AvgIpc) is 2.78. The first-order chi connectivity index (χ1) is 9.40. The highest BCUT2D eigenvalue weighted by Crippen LogP contribution is 2.28. The van der Waals surface area contributed by atoms with Crippen molar-refractivity contribution in [1.82, 2.24) is 9.88 Å². The first kappa shape index (κ1) is 15.0. The number of anilines is 1. The zero-order chi connectivity index (χ0) is 14.8. The lowest BCUT2D eigenvalue weighted by Gasteiger charge is -2.23. The lowest BCUT2D eigenvalue weighted by Crippen LogP contribution is -2.29. The van der Waals surface area contributed by atoms with Gasteiger partial charge in [0.25, 0.3) is 5.78 Å². The van der Waals surface area contributed by atoms with Gasteiger partial charge in [-0.1, -0.05) is 6.92 Å². The van der Waals surface area contributed by atoms with Crippen LogP contribution < -0.4 is 5.32 Å². The number of aromatic nitrogens is 1. The van der Waals surface area contributed by atoms with E-state index in [2.05, 4.69) is 22.1 Å². The maximum Gasteiger partial charge on any atom is 0.454 e. The molecule has 0 bridgehead atoms. The van der Waals surface area contributed by atoms with Crippen LogP contribution in [0, 0.1) is 0 Å². The Labute approximate surface area is 118 Å². The zero-order valence-electron chi connectivity index (χ0n) is 10.8. The molecule has 4 nitrogen and oxygen atoms in total. The summed E-state index contributed by atoms with van der Waals surface area (Å²) in [7, 11) is 0. The Bertz CT molecular complexity index is 525. The Morgan fingerprint density at radius 1 is 1.55 bits per heavy atom. The molecule has 0 radical (unpaired) electrons. The van der Waals surface area contributed by atoms with Crippen LogP contribution >= 0.6 is 11.3 Å². The number of alkyl halides is 3. The van der Waals surface area contributed by atoms with Crippen molar-refractivity contribution in [2.24, 2.45) is 0 Å². The predicted octanol–water partition coefficient (Wildman–Crippen LogP) is 2.58. The lowest BCUT2D eigenvalue weighted by molar-refractivity contribution is -0.165. The van der Waals surface area contributed by atoms with Crippen molar-refractivity contribution >= 4 is 22.3 Å². The molecule has 1 aromatic heterocycles. The van der Waals surface area contributed by atoms with E-state index in [0.29, 0.717) is 11.2 Å². The molecule has 2 rings (SSSR count). The highest BCUT2D eigenvalue weighted by atomic mass is 32.1. The van der Waals surface area contributed by atoms with Crippen LogP contribution in [0.3, 0.4) is 0 Å². The molecule has 0 unspecified atom stereocenters. The van der Waals surface area contributed by atoms with Crippen LogP contribution in [0.1, 0.15) is 17.5 Å². The summed E-state index contributed by atoms with van der Waals surface area (Å²) in [6.07, 6.45) is -2.54. The number of fused-ring (bicyclic) bond motifs is 1. The number of rotatable bonds is 4. The molecule has 0 saturated carbocycles. The maximum absolute atomic E-state index is 12.0. The largest absolute Gasteiger partial charge is 0.454 e. The second-order valence-electron chi connectivity index (χ2n) is 4.35. The second-order valence-corrected chi connectivity index (χ2v) is 5.43. The van der Waals surface area contributed by atoms with Gasteiger partial charge in [0, 0.05) is 36.7 Å². The molecule has 0 aromatic carbocycles. The molecular formula is C12H14F3N3OS. The molecule has 0 amide bonds. The summed E-state index contributed by atoms with van der Waals surface area (Å²) in [6.45, 7) is 4.79. The molecule has 2 heterocycles. The van der Waals surface area contributed by atoms with E-state index < -0.39 is 12.0 Å². The summed E-state index contributed by atoms with van der Waals surface area (Å²) in [6, 6.07) is 0. The Kier molecular flexibility index (Phi) is 4.44. The van der Waals surface area contributed by atoms with Crippen LogP contribution in [-0.2, 0) is 17.8 Å². The number of carbonyl (C=O) groups is 1. The number of thiazole rings is 1. The van der Waals surface area contributed by atoms with Gasteiger partial charge in [-0.15, -0.1) is 11.3 Å². The van der Waals surface area contributed by atoms with Crippen LogP contribution in [-0.4, -0.2) is 34.9 Å². The van der Waals surface area contributed by atoms with Crippen LogP contribution in [0.25, 0.3) is 0 Å². The van der Waals surface area contributed by atoms with E-state index in [4.69, 9.17) is 0 Å². The Hall–Kier alpha value is -1.41. The molecule has 0 fully saturated rings. The molecule has 110 valence electrons. The summed E-state index contributed by atoms with van der Waals surface area (Å²) >= 11 is 1.41. The highest BCUT2D eigenvalue weighted by molar-refractivity contribution is 7.15. The Morgan fingerprint density at radius 2 is 2.30 bits per heavy atom. The zero-order valence-corrected chi connectivity index (χ0v) is 11.6. The van der Waals surface area contributed by atoms with E-state index in [9.17, 15) is 18.0 Å². The van der Waals surface area contributed by atoms with E-state index in [1.165, 1.54) is 11.3 Å². The van der Waals surface area contributed by atoms with E-state index in [0.717, 1.165) is 42.8 Å². The van der Waals surface area contributed by atoms with Gasteiger partial charge in [-0.2, -0.15) is 13.2 Å².